The molecule has 8 heteroatoms. The fourth-order valence-electron chi connectivity index (χ4n) is 2.48. The van der Waals surface area contributed by atoms with Crippen molar-refractivity contribution >= 4 is 11.9 Å². The summed E-state index contributed by atoms with van der Waals surface area (Å²) in [6.45, 7) is 3.58. The molecule has 0 aliphatic carbocycles. The van der Waals surface area contributed by atoms with E-state index in [-0.39, 0.29) is 31.1 Å². The van der Waals surface area contributed by atoms with Gasteiger partial charge in [-0.25, -0.2) is 9.59 Å². The first-order chi connectivity index (χ1) is 12.5. The highest BCUT2D eigenvalue weighted by molar-refractivity contribution is 5.94. The molecule has 0 fully saturated rings. The molecule has 1 aromatic heterocycles. The first kappa shape index (κ1) is 17.5. The third-order valence-electron chi connectivity index (χ3n) is 3.67. The van der Waals surface area contributed by atoms with E-state index < -0.39 is 17.4 Å². The van der Waals surface area contributed by atoms with Gasteiger partial charge in [0.1, 0.15) is 11.1 Å². The molecule has 8 nitrogen and oxygen atoms in total. The maximum absolute atomic E-state index is 12.5. The molecule has 0 bridgehead atoms. The summed E-state index contributed by atoms with van der Waals surface area (Å²) in [5.41, 5.74) is -0.672. The number of carbonyl (C=O) groups is 2. The van der Waals surface area contributed by atoms with Crippen LogP contribution in [-0.4, -0.2) is 36.5 Å². The van der Waals surface area contributed by atoms with Crippen molar-refractivity contribution in [2.45, 2.75) is 13.8 Å². The Balaban J connectivity index is 2.14. The van der Waals surface area contributed by atoms with E-state index in [0.717, 1.165) is 0 Å². The summed E-state index contributed by atoms with van der Waals surface area (Å²) >= 11 is 0. The number of ether oxygens (including phenoxy) is 4. The molecule has 1 aromatic carbocycles. The maximum Gasteiger partial charge on any atom is 0.343 e. The summed E-state index contributed by atoms with van der Waals surface area (Å²) in [7, 11) is 0. The predicted octanol–water partition coefficient (Wildman–Crippen LogP) is 1.92. The minimum Gasteiger partial charge on any atom is -0.462 e. The van der Waals surface area contributed by atoms with Gasteiger partial charge in [-0.3, -0.25) is 4.79 Å². The number of carbonyl (C=O) groups excluding carboxylic acids is 2. The summed E-state index contributed by atoms with van der Waals surface area (Å²) < 4.78 is 21.9. The first-order valence-electron chi connectivity index (χ1n) is 8.05. The number of aromatic nitrogens is 1. The molecule has 0 atom stereocenters. The van der Waals surface area contributed by atoms with Crippen molar-refractivity contribution in [3.63, 3.8) is 0 Å². The highest BCUT2D eigenvalue weighted by atomic mass is 16.7. The molecule has 2 aromatic rings. The highest BCUT2D eigenvalue weighted by Gasteiger charge is 2.22. The Bertz CT molecular complexity index is 874. The minimum atomic E-state index is -0.807. The van der Waals surface area contributed by atoms with Crippen LogP contribution in [0.5, 0.6) is 11.5 Å². The summed E-state index contributed by atoms with van der Waals surface area (Å²) in [6, 6.07) is 5.09. The van der Waals surface area contributed by atoms with Gasteiger partial charge in [0.25, 0.3) is 0 Å². The fourth-order valence-corrected chi connectivity index (χ4v) is 2.48. The van der Waals surface area contributed by atoms with Crippen LogP contribution < -0.4 is 14.9 Å². The second-order valence-corrected chi connectivity index (χ2v) is 5.30. The molecule has 26 heavy (non-hydrogen) atoms. The second kappa shape index (κ2) is 7.30. The largest absolute Gasteiger partial charge is 0.462 e. The molecule has 0 spiro atoms. The summed E-state index contributed by atoms with van der Waals surface area (Å²) in [5, 5.41) is 0. The Morgan fingerprint density at radius 1 is 1.00 bits per heavy atom. The van der Waals surface area contributed by atoms with Gasteiger partial charge in [0.15, 0.2) is 11.5 Å². The van der Waals surface area contributed by atoms with Gasteiger partial charge in [-0.05, 0) is 26.0 Å². The molecule has 1 aliphatic heterocycles. The van der Waals surface area contributed by atoms with Gasteiger partial charge in [-0.1, -0.05) is 0 Å². The van der Waals surface area contributed by atoms with Crippen LogP contribution >= 0.6 is 0 Å². The molecule has 0 unspecified atom stereocenters. The van der Waals surface area contributed by atoms with Crippen LogP contribution in [0.15, 0.2) is 35.4 Å². The van der Waals surface area contributed by atoms with Crippen molar-refractivity contribution in [1.29, 1.82) is 0 Å². The van der Waals surface area contributed by atoms with E-state index in [4.69, 9.17) is 18.9 Å². The molecule has 2 heterocycles. The number of hydrogen-bond donors (Lipinski definition) is 0. The molecule has 3 rings (SSSR count). The number of esters is 2. The van der Waals surface area contributed by atoms with Crippen LogP contribution in [0.2, 0.25) is 0 Å². The minimum absolute atomic E-state index is 0.103. The van der Waals surface area contributed by atoms with E-state index in [2.05, 4.69) is 0 Å². The summed E-state index contributed by atoms with van der Waals surface area (Å²) in [6.07, 6.45) is 2.64. The number of benzene rings is 1. The summed E-state index contributed by atoms with van der Waals surface area (Å²) in [5.74, 6) is -0.501. The van der Waals surface area contributed by atoms with Gasteiger partial charge in [0.05, 0.1) is 13.2 Å². The lowest BCUT2D eigenvalue weighted by Gasteiger charge is -2.12. The Kier molecular flexibility index (Phi) is 4.92. The van der Waals surface area contributed by atoms with Crippen LogP contribution in [0.1, 0.15) is 34.6 Å². The van der Waals surface area contributed by atoms with E-state index in [1.807, 2.05) is 0 Å². The van der Waals surface area contributed by atoms with Crippen molar-refractivity contribution < 1.29 is 28.5 Å². The molecular formula is C18H17NO7. The average Bonchev–Trinajstić information content (AvgIpc) is 3.10. The molecule has 0 radical (unpaired) electrons. The van der Waals surface area contributed by atoms with Crippen LogP contribution in [-0.2, 0) is 9.47 Å². The van der Waals surface area contributed by atoms with Crippen molar-refractivity contribution in [2.75, 3.05) is 20.0 Å². The zero-order valence-corrected chi connectivity index (χ0v) is 14.3. The van der Waals surface area contributed by atoms with Gasteiger partial charge in [-0.15, -0.1) is 0 Å². The van der Waals surface area contributed by atoms with Gasteiger partial charge in [0, 0.05) is 24.1 Å². The number of rotatable bonds is 5. The van der Waals surface area contributed by atoms with Crippen LogP contribution in [0.3, 0.4) is 0 Å². The van der Waals surface area contributed by atoms with E-state index >= 15 is 0 Å². The van der Waals surface area contributed by atoms with E-state index in [0.29, 0.717) is 17.2 Å². The zero-order valence-electron chi connectivity index (χ0n) is 14.3. The maximum atomic E-state index is 12.5. The lowest BCUT2D eigenvalue weighted by Crippen LogP contribution is -2.26. The second-order valence-electron chi connectivity index (χ2n) is 5.30. The van der Waals surface area contributed by atoms with Gasteiger partial charge in [0.2, 0.25) is 12.2 Å². The number of hydrogen-bond acceptors (Lipinski definition) is 7. The third-order valence-corrected chi connectivity index (χ3v) is 3.67. The lowest BCUT2D eigenvalue weighted by molar-refractivity contribution is 0.0520. The fraction of sp³-hybridized carbons (Fsp3) is 0.278. The van der Waals surface area contributed by atoms with Crippen molar-refractivity contribution in [1.82, 2.24) is 4.57 Å². The number of nitrogens with zero attached hydrogens (tertiary/aromatic N) is 1. The lowest BCUT2D eigenvalue weighted by atomic mass is 10.1. The monoisotopic (exact) mass is 359 g/mol. The molecule has 0 amide bonds. The predicted molar refractivity (Wildman–Crippen MR) is 90.1 cm³/mol. The van der Waals surface area contributed by atoms with Crippen molar-refractivity contribution in [3.8, 4) is 17.2 Å². The third kappa shape index (κ3) is 3.26. The van der Waals surface area contributed by atoms with Gasteiger partial charge in [-0.2, -0.15) is 0 Å². The van der Waals surface area contributed by atoms with Gasteiger partial charge < -0.3 is 23.5 Å². The van der Waals surface area contributed by atoms with E-state index in [1.54, 1.807) is 32.0 Å². The SMILES string of the molecule is CCOC(=O)c1cn(-c2ccc3c(c2)OCO3)cc(C(=O)OCC)c1=O. The van der Waals surface area contributed by atoms with Crippen molar-refractivity contribution in [2.24, 2.45) is 0 Å². The van der Waals surface area contributed by atoms with E-state index in [9.17, 15) is 14.4 Å². The molecule has 0 saturated heterocycles. The van der Waals surface area contributed by atoms with Crippen LogP contribution in [0.25, 0.3) is 5.69 Å². The average molecular weight is 359 g/mol. The van der Waals surface area contributed by atoms with E-state index in [1.165, 1.54) is 17.0 Å². The normalized spacial score (nSPS) is 11.9. The Morgan fingerprint density at radius 3 is 2.15 bits per heavy atom. The van der Waals surface area contributed by atoms with Crippen LogP contribution in [0.4, 0.5) is 0 Å². The zero-order chi connectivity index (χ0) is 18.7. The highest BCUT2D eigenvalue weighted by Crippen LogP contribution is 2.33. The molecule has 136 valence electrons. The topological polar surface area (TPSA) is 93.1 Å². The molecule has 0 N–H and O–H groups in total. The van der Waals surface area contributed by atoms with Gasteiger partial charge >= 0.3 is 11.9 Å². The molecular weight excluding hydrogens is 342 g/mol. The summed E-state index contributed by atoms with van der Waals surface area (Å²) in [4.78, 5) is 36.8. The molecule has 0 saturated carbocycles. The Morgan fingerprint density at radius 2 is 1.58 bits per heavy atom. The van der Waals surface area contributed by atoms with Crippen molar-refractivity contribution in [3.05, 3.63) is 51.9 Å². The Hall–Kier alpha value is -3.29. The smallest absolute Gasteiger partial charge is 0.343 e. The Labute approximate surface area is 148 Å². The molecule has 1 aliphatic rings. The standard InChI is InChI=1S/C18H17NO7/c1-3-23-17(21)12-8-19(9-13(16(12)20)18(22)24-4-2)11-5-6-14-15(7-11)26-10-25-14/h5-9H,3-4,10H2,1-2H3. The number of fused-ring (bicyclic) bond motifs is 1. The first-order valence-corrected chi connectivity index (χ1v) is 8.05. The quantitative estimate of drug-likeness (QED) is 0.753. The van der Waals surface area contributed by atoms with Crippen LogP contribution in [0, 0.1) is 0 Å². The number of pyridine rings is 1.